The number of rotatable bonds is 4. The predicted molar refractivity (Wildman–Crippen MR) is 90.5 cm³/mol. The summed E-state index contributed by atoms with van der Waals surface area (Å²) in [6.07, 6.45) is 4.06. The van der Waals surface area contributed by atoms with Gasteiger partial charge in [-0.25, -0.2) is 4.72 Å². The van der Waals surface area contributed by atoms with E-state index in [1.807, 2.05) is 12.1 Å². The molecule has 2 aliphatic heterocycles. The molecule has 2 aliphatic rings. The third-order valence-corrected chi connectivity index (χ3v) is 5.92. The molecule has 2 N–H and O–H groups in total. The third kappa shape index (κ3) is 4.00. The summed E-state index contributed by atoms with van der Waals surface area (Å²) >= 11 is 0. The molecule has 1 saturated heterocycles. The fourth-order valence-electron chi connectivity index (χ4n) is 3.16. The Bertz CT molecular complexity index is 588. The molecular weight excluding hydrogens is 322 g/mol. The first-order chi connectivity index (χ1) is 10.2. The Labute approximate surface area is 139 Å². The molecule has 1 unspecified atom stereocenters. The fourth-order valence-corrected chi connectivity index (χ4v) is 4.46. The maximum Gasteiger partial charge on any atom is 0.279 e. The number of nitrogens with one attached hydrogen (secondary N) is 2. The van der Waals surface area contributed by atoms with E-state index in [1.54, 1.807) is 4.31 Å². The molecular formula is C15H24ClN3O2S. The van der Waals surface area contributed by atoms with Crippen LogP contribution < -0.4 is 10.0 Å². The summed E-state index contributed by atoms with van der Waals surface area (Å²) in [5.74, 6) is 0. The maximum atomic E-state index is 12.3. The summed E-state index contributed by atoms with van der Waals surface area (Å²) < 4.78 is 29.0. The van der Waals surface area contributed by atoms with E-state index in [0.29, 0.717) is 19.6 Å². The summed E-state index contributed by atoms with van der Waals surface area (Å²) in [6, 6.07) is 8.33. The van der Waals surface area contributed by atoms with Crippen LogP contribution in [0.25, 0.3) is 0 Å². The Kier molecular flexibility index (Phi) is 6.23. The van der Waals surface area contributed by atoms with Gasteiger partial charge in [-0.15, -0.1) is 12.4 Å². The smallest absolute Gasteiger partial charge is 0.279 e. The van der Waals surface area contributed by atoms with Crippen molar-refractivity contribution >= 4 is 22.6 Å². The minimum atomic E-state index is -3.34. The molecule has 0 saturated carbocycles. The minimum absolute atomic E-state index is 0. The highest BCUT2D eigenvalue weighted by Gasteiger charge is 2.26. The van der Waals surface area contributed by atoms with E-state index in [9.17, 15) is 8.42 Å². The van der Waals surface area contributed by atoms with Crippen LogP contribution in [0.3, 0.4) is 0 Å². The van der Waals surface area contributed by atoms with Crippen molar-refractivity contribution in [1.29, 1.82) is 0 Å². The van der Waals surface area contributed by atoms with E-state index >= 15 is 0 Å². The topological polar surface area (TPSA) is 61.4 Å². The SMILES string of the molecule is Cl.O=S(=O)(NCC1NCCc2ccccc21)N1CCCCC1. The molecule has 22 heavy (non-hydrogen) atoms. The normalized spacial score (nSPS) is 22.6. The van der Waals surface area contributed by atoms with Crippen molar-refractivity contribution in [3.63, 3.8) is 0 Å². The standard InChI is InChI=1S/C15H23N3O2S.ClH/c19-21(20,18-10-4-1-5-11-18)17-12-15-14-7-3-2-6-13(14)8-9-16-15;/h2-3,6-7,15-17H,1,4-5,8-12H2;1H. The van der Waals surface area contributed by atoms with E-state index in [-0.39, 0.29) is 18.4 Å². The van der Waals surface area contributed by atoms with Gasteiger partial charge in [0.15, 0.2) is 0 Å². The number of halogens is 1. The monoisotopic (exact) mass is 345 g/mol. The average molecular weight is 346 g/mol. The first kappa shape index (κ1) is 17.7. The number of hydrogen-bond acceptors (Lipinski definition) is 3. The number of nitrogens with zero attached hydrogens (tertiary/aromatic N) is 1. The van der Waals surface area contributed by atoms with E-state index in [0.717, 1.165) is 32.2 Å². The van der Waals surface area contributed by atoms with Crippen molar-refractivity contribution in [2.45, 2.75) is 31.7 Å². The van der Waals surface area contributed by atoms with Gasteiger partial charge >= 0.3 is 0 Å². The Morgan fingerprint density at radius 2 is 1.91 bits per heavy atom. The summed E-state index contributed by atoms with van der Waals surface area (Å²) in [7, 11) is -3.34. The van der Waals surface area contributed by atoms with Crippen LogP contribution in [0.5, 0.6) is 0 Å². The molecule has 124 valence electrons. The molecule has 2 heterocycles. The van der Waals surface area contributed by atoms with Crippen molar-refractivity contribution < 1.29 is 8.42 Å². The fraction of sp³-hybridized carbons (Fsp3) is 0.600. The van der Waals surface area contributed by atoms with Crippen molar-refractivity contribution in [2.75, 3.05) is 26.2 Å². The predicted octanol–water partition coefficient (Wildman–Crippen LogP) is 1.62. The zero-order valence-electron chi connectivity index (χ0n) is 12.6. The van der Waals surface area contributed by atoms with Crippen LogP contribution >= 0.6 is 12.4 Å². The van der Waals surface area contributed by atoms with Crippen LogP contribution in [-0.2, 0) is 16.6 Å². The van der Waals surface area contributed by atoms with Crippen LogP contribution in [-0.4, -0.2) is 38.9 Å². The van der Waals surface area contributed by atoms with Gasteiger partial charge in [-0.1, -0.05) is 30.7 Å². The molecule has 7 heteroatoms. The molecule has 0 aliphatic carbocycles. The Morgan fingerprint density at radius 3 is 2.68 bits per heavy atom. The largest absolute Gasteiger partial charge is 0.308 e. The molecule has 0 spiro atoms. The molecule has 1 aromatic rings. The van der Waals surface area contributed by atoms with E-state index in [4.69, 9.17) is 0 Å². The van der Waals surface area contributed by atoms with Crippen LogP contribution in [0.15, 0.2) is 24.3 Å². The Hall–Kier alpha value is -0.660. The summed E-state index contributed by atoms with van der Waals surface area (Å²) in [6.45, 7) is 2.59. The van der Waals surface area contributed by atoms with Gasteiger partial charge in [0.2, 0.25) is 0 Å². The van der Waals surface area contributed by atoms with Gasteiger partial charge in [0.1, 0.15) is 0 Å². The van der Waals surface area contributed by atoms with Gasteiger partial charge in [0, 0.05) is 25.7 Å². The molecule has 0 bridgehead atoms. The van der Waals surface area contributed by atoms with E-state index in [2.05, 4.69) is 22.2 Å². The van der Waals surface area contributed by atoms with Gasteiger partial charge < -0.3 is 5.32 Å². The first-order valence-corrected chi connectivity index (χ1v) is 9.17. The lowest BCUT2D eigenvalue weighted by molar-refractivity contribution is 0.339. The summed E-state index contributed by atoms with van der Waals surface area (Å²) in [5.41, 5.74) is 2.53. The minimum Gasteiger partial charge on any atom is -0.308 e. The van der Waals surface area contributed by atoms with Crippen LogP contribution in [0.4, 0.5) is 0 Å². The summed E-state index contributed by atoms with van der Waals surface area (Å²) in [5, 5.41) is 3.41. The molecule has 1 fully saturated rings. The zero-order chi connectivity index (χ0) is 14.7. The molecule has 1 aromatic carbocycles. The molecule has 0 amide bonds. The number of hydrogen-bond donors (Lipinski definition) is 2. The maximum absolute atomic E-state index is 12.3. The molecule has 0 aromatic heterocycles. The third-order valence-electron chi connectivity index (χ3n) is 4.34. The van der Waals surface area contributed by atoms with Crippen molar-refractivity contribution in [2.24, 2.45) is 0 Å². The average Bonchev–Trinajstić information content (AvgIpc) is 2.54. The van der Waals surface area contributed by atoms with Crippen molar-refractivity contribution in [1.82, 2.24) is 14.3 Å². The number of benzene rings is 1. The quantitative estimate of drug-likeness (QED) is 0.871. The molecule has 1 atom stereocenters. The number of fused-ring (bicyclic) bond motifs is 1. The zero-order valence-corrected chi connectivity index (χ0v) is 14.3. The van der Waals surface area contributed by atoms with Crippen LogP contribution in [0, 0.1) is 0 Å². The highest BCUT2D eigenvalue weighted by molar-refractivity contribution is 7.87. The van der Waals surface area contributed by atoms with Crippen LogP contribution in [0.1, 0.15) is 36.4 Å². The lowest BCUT2D eigenvalue weighted by Gasteiger charge is -2.30. The van der Waals surface area contributed by atoms with Crippen LogP contribution in [0.2, 0.25) is 0 Å². The molecule has 5 nitrogen and oxygen atoms in total. The summed E-state index contributed by atoms with van der Waals surface area (Å²) in [4.78, 5) is 0. The highest BCUT2D eigenvalue weighted by atomic mass is 35.5. The van der Waals surface area contributed by atoms with Gasteiger partial charge in [0.25, 0.3) is 10.2 Å². The van der Waals surface area contributed by atoms with E-state index in [1.165, 1.54) is 11.1 Å². The second-order valence-corrected chi connectivity index (χ2v) is 7.52. The Morgan fingerprint density at radius 1 is 1.18 bits per heavy atom. The lowest BCUT2D eigenvalue weighted by Crippen LogP contribution is -2.46. The second kappa shape index (κ2) is 7.75. The van der Waals surface area contributed by atoms with Gasteiger partial charge in [-0.05, 0) is 36.9 Å². The van der Waals surface area contributed by atoms with Crippen molar-refractivity contribution in [3.05, 3.63) is 35.4 Å². The lowest BCUT2D eigenvalue weighted by atomic mass is 9.95. The second-order valence-electron chi connectivity index (χ2n) is 5.77. The van der Waals surface area contributed by atoms with Gasteiger partial charge in [0.05, 0.1) is 0 Å². The molecule has 0 radical (unpaired) electrons. The Balaban J connectivity index is 0.00000176. The first-order valence-electron chi connectivity index (χ1n) is 7.73. The molecule has 3 rings (SSSR count). The van der Waals surface area contributed by atoms with Gasteiger partial charge in [-0.2, -0.15) is 12.7 Å². The van der Waals surface area contributed by atoms with Crippen molar-refractivity contribution in [3.8, 4) is 0 Å². The van der Waals surface area contributed by atoms with E-state index < -0.39 is 10.2 Å². The van der Waals surface area contributed by atoms with Gasteiger partial charge in [-0.3, -0.25) is 0 Å². The number of piperidine rings is 1. The highest BCUT2D eigenvalue weighted by Crippen LogP contribution is 2.22.